The minimum atomic E-state index is -3.69. The van der Waals surface area contributed by atoms with Crippen molar-refractivity contribution in [1.29, 1.82) is 0 Å². The monoisotopic (exact) mass is 630 g/mol. The lowest BCUT2D eigenvalue weighted by molar-refractivity contribution is -0.122. The summed E-state index contributed by atoms with van der Waals surface area (Å²) in [5.74, 6) is -0.143. The number of thioether (sulfide) groups is 1. The third-order valence-electron chi connectivity index (χ3n) is 7.08. The van der Waals surface area contributed by atoms with Crippen LogP contribution in [0.1, 0.15) is 37.8 Å². The van der Waals surface area contributed by atoms with E-state index in [9.17, 15) is 13.2 Å². The molecule has 222 valence electrons. The zero-order valence-corrected chi connectivity index (χ0v) is 26.7. The number of amides is 1. The molecule has 0 atom stereocenters. The Morgan fingerprint density at radius 2 is 1.60 bits per heavy atom. The van der Waals surface area contributed by atoms with Gasteiger partial charge in [0.1, 0.15) is 10.0 Å². The van der Waals surface area contributed by atoms with Gasteiger partial charge in [-0.2, -0.15) is 9.40 Å². The van der Waals surface area contributed by atoms with Crippen LogP contribution in [0.5, 0.6) is 0 Å². The molecule has 1 saturated heterocycles. The molecule has 0 N–H and O–H groups in total. The Bertz CT molecular complexity index is 1730. The molecule has 1 aromatic heterocycles. The first-order valence-corrected chi connectivity index (χ1v) is 17.0. The normalized spacial score (nSPS) is 14.8. The first-order chi connectivity index (χ1) is 20.8. The van der Waals surface area contributed by atoms with Crippen molar-refractivity contribution < 1.29 is 13.2 Å². The Hall–Kier alpha value is -3.57. The minimum Gasteiger partial charge on any atom is -0.293 e. The topological polar surface area (TPSA) is 75.5 Å². The largest absolute Gasteiger partial charge is 0.293 e. The van der Waals surface area contributed by atoms with Gasteiger partial charge in [0.05, 0.1) is 15.5 Å². The summed E-state index contributed by atoms with van der Waals surface area (Å²) in [4.78, 5) is 15.9. The number of carbonyl (C=O) groups excluding carboxylic acids is 1. The number of aromatic nitrogens is 2. The predicted molar refractivity (Wildman–Crippen MR) is 178 cm³/mol. The molecule has 3 aromatic carbocycles. The third kappa shape index (κ3) is 6.99. The van der Waals surface area contributed by atoms with E-state index in [1.54, 1.807) is 27.8 Å². The highest BCUT2D eigenvalue weighted by molar-refractivity contribution is 8.26. The zero-order valence-electron chi connectivity index (χ0n) is 24.2. The highest BCUT2D eigenvalue weighted by Gasteiger charge is 2.32. The van der Waals surface area contributed by atoms with Crippen LogP contribution in [0.3, 0.4) is 0 Å². The summed E-state index contributed by atoms with van der Waals surface area (Å²) in [6.45, 7) is 5.36. The number of hydrogen-bond donors (Lipinski definition) is 0. The number of benzene rings is 3. The maximum Gasteiger partial charge on any atom is 0.266 e. The van der Waals surface area contributed by atoms with Gasteiger partial charge in [0, 0.05) is 37.0 Å². The van der Waals surface area contributed by atoms with Crippen LogP contribution >= 0.6 is 24.0 Å². The van der Waals surface area contributed by atoms with Gasteiger partial charge in [0.2, 0.25) is 10.0 Å². The van der Waals surface area contributed by atoms with Gasteiger partial charge in [-0.25, -0.2) is 13.1 Å². The lowest BCUT2D eigenvalue weighted by Crippen LogP contribution is -2.32. The summed E-state index contributed by atoms with van der Waals surface area (Å²) in [6.07, 6.45) is 5.84. The molecule has 7 nitrogen and oxygen atoms in total. The van der Waals surface area contributed by atoms with Crippen molar-refractivity contribution in [1.82, 2.24) is 19.0 Å². The summed E-state index contributed by atoms with van der Waals surface area (Å²) in [6, 6.07) is 26.6. The second-order valence-electron chi connectivity index (χ2n) is 10.2. The predicted octanol–water partition coefficient (Wildman–Crippen LogP) is 6.79. The molecule has 5 rings (SSSR count). The Balaban J connectivity index is 1.52. The highest BCUT2D eigenvalue weighted by Crippen LogP contribution is 2.35. The average Bonchev–Trinajstić information content (AvgIpc) is 3.56. The highest BCUT2D eigenvalue weighted by atomic mass is 32.2. The van der Waals surface area contributed by atoms with Crippen molar-refractivity contribution in [3.8, 4) is 16.9 Å². The summed E-state index contributed by atoms with van der Waals surface area (Å²) >= 11 is 6.87. The Labute approximate surface area is 263 Å². The maximum absolute atomic E-state index is 13.6. The fraction of sp³-hybridized carbons (Fsp3) is 0.242. The molecule has 1 aliphatic heterocycles. The number of nitrogens with zero attached hydrogens (tertiary/aromatic N) is 4. The fourth-order valence-electron chi connectivity index (χ4n) is 4.95. The quantitative estimate of drug-likeness (QED) is 0.127. The van der Waals surface area contributed by atoms with Gasteiger partial charge in [0.25, 0.3) is 5.91 Å². The molecule has 10 heteroatoms. The van der Waals surface area contributed by atoms with E-state index < -0.39 is 10.0 Å². The second-order valence-corrected chi connectivity index (χ2v) is 13.8. The SMILES string of the molecule is CCCN(CCC)S(=O)(=O)c1cccc(-c2nn(-c3ccccc3)cc2/C=C2\SC(=S)N(CCc3ccccc3)C2=O)c1. The number of sulfonamides is 1. The van der Waals surface area contributed by atoms with Crippen molar-refractivity contribution >= 4 is 50.3 Å². The van der Waals surface area contributed by atoms with Crippen LogP contribution < -0.4 is 0 Å². The Kier molecular flexibility index (Phi) is 9.92. The summed E-state index contributed by atoms with van der Waals surface area (Å²) < 4.78 is 31.0. The van der Waals surface area contributed by atoms with Crippen LogP contribution in [-0.4, -0.2) is 57.3 Å². The second kappa shape index (κ2) is 13.8. The molecule has 43 heavy (non-hydrogen) atoms. The fourth-order valence-corrected chi connectivity index (χ4v) is 7.92. The molecule has 4 aromatic rings. The van der Waals surface area contributed by atoms with Gasteiger partial charge in [0.15, 0.2) is 0 Å². The molecule has 0 unspecified atom stereocenters. The molecule has 2 heterocycles. The number of hydrogen-bond acceptors (Lipinski definition) is 6. The first-order valence-electron chi connectivity index (χ1n) is 14.4. The van der Waals surface area contributed by atoms with E-state index in [1.807, 2.05) is 92.9 Å². The summed E-state index contributed by atoms with van der Waals surface area (Å²) in [5.41, 5.74) is 3.90. The lowest BCUT2D eigenvalue weighted by Gasteiger charge is -2.21. The van der Waals surface area contributed by atoms with E-state index in [1.165, 1.54) is 16.1 Å². The van der Waals surface area contributed by atoms with Gasteiger partial charge >= 0.3 is 0 Å². The van der Waals surface area contributed by atoms with E-state index in [-0.39, 0.29) is 10.8 Å². The Morgan fingerprint density at radius 3 is 2.28 bits per heavy atom. The zero-order chi connectivity index (χ0) is 30.4. The van der Waals surface area contributed by atoms with E-state index in [0.717, 1.165) is 24.1 Å². The molecule has 1 aliphatic rings. The molecule has 1 fully saturated rings. The number of carbonyl (C=O) groups is 1. The van der Waals surface area contributed by atoms with E-state index in [2.05, 4.69) is 0 Å². The van der Waals surface area contributed by atoms with Crippen molar-refractivity contribution in [2.75, 3.05) is 19.6 Å². The maximum atomic E-state index is 13.6. The molecule has 0 spiro atoms. The van der Waals surface area contributed by atoms with Crippen molar-refractivity contribution in [2.24, 2.45) is 0 Å². The molecule has 0 saturated carbocycles. The van der Waals surface area contributed by atoms with Crippen molar-refractivity contribution in [3.63, 3.8) is 0 Å². The number of thiocarbonyl (C=S) groups is 1. The van der Waals surface area contributed by atoms with E-state index >= 15 is 0 Å². The minimum absolute atomic E-state index is 0.143. The lowest BCUT2D eigenvalue weighted by atomic mass is 10.1. The molecule has 0 bridgehead atoms. The molecular formula is C33H34N4O3S3. The van der Waals surface area contributed by atoms with Crippen LogP contribution in [-0.2, 0) is 21.2 Å². The van der Waals surface area contributed by atoms with E-state index in [0.29, 0.717) is 52.1 Å². The van der Waals surface area contributed by atoms with E-state index in [4.69, 9.17) is 17.3 Å². The number of para-hydroxylation sites is 1. The van der Waals surface area contributed by atoms with Gasteiger partial charge in [-0.3, -0.25) is 9.69 Å². The van der Waals surface area contributed by atoms with Crippen molar-refractivity contribution in [3.05, 3.63) is 107 Å². The molecule has 1 amide bonds. The summed E-state index contributed by atoms with van der Waals surface area (Å²) in [5, 5.41) is 4.87. The van der Waals surface area contributed by atoms with Crippen LogP contribution in [0.2, 0.25) is 0 Å². The average molecular weight is 631 g/mol. The van der Waals surface area contributed by atoms with Gasteiger partial charge in [-0.1, -0.05) is 98.5 Å². The van der Waals surface area contributed by atoms with Crippen LogP contribution in [0.25, 0.3) is 23.0 Å². The standard InChI is InChI=1S/C33H34N4O3S3/c1-3-19-35(20-4-2)43(39,40)29-17-11-14-26(22-29)31-27(24-37(34-31)28-15-9-6-10-16-28)23-30-32(38)36(33(41)42-30)21-18-25-12-7-5-8-13-25/h5-17,22-24H,3-4,18-21H2,1-2H3/b30-23-. The third-order valence-corrected chi connectivity index (χ3v) is 10.4. The smallest absolute Gasteiger partial charge is 0.266 e. The first kappa shape index (κ1) is 30.9. The molecule has 0 radical (unpaired) electrons. The molecule has 0 aliphatic carbocycles. The van der Waals surface area contributed by atoms with Crippen LogP contribution in [0.4, 0.5) is 0 Å². The van der Waals surface area contributed by atoms with Crippen LogP contribution in [0.15, 0.2) is 101 Å². The summed E-state index contributed by atoms with van der Waals surface area (Å²) in [7, 11) is -3.69. The van der Waals surface area contributed by atoms with Gasteiger partial charge < -0.3 is 0 Å². The Morgan fingerprint density at radius 1 is 0.930 bits per heavy atom. The van der Waals surface area contributed by atoms with Gasteiger partial charge in [-0.05, 0) is 55.2 Å². The van der Waals surface area contributed by atoms with Crippen LogP contribution in [0, 0.1) is 0 Å². The van der Waals surface area contributed by atoms with Gasteiger partial charge in [-0.15, -0.1) is 0 Å². The molecular weight excluding hydrogens is 597 g/mol. The van der Waals surface area contributed by atoms with Crippen molar-refractivity contribution in [2.45, 2.75) is 38.0 Å². The number of rotatable bonds is 12.